The van der Waals surface area contributed by atoms with Crippen LogP contribution in [0, 0.1) is 0 Å². The summed E-state index contributed by atoms with van der Waals surface area (Å²) in [4.78, 5) is 12.6. The summed E-state index contributed by atoms with van der Waals surface area (Å²) in [5, 5.41) is 3.56. The first-order valence-electron chi connectivity index (χ1n) is 7.68. The van der Waals surface area contributed by atoms with Crippen LogP contribution in [0.5, 0.6) is 0 Å². The molecular formula is C15H19ClN6O2S. The number of halogens is 1. The van der Waals surface area contributed by atoms with Gasteiger partial charge in [0.15, 0.2) is 0 Å². The lowest BCUT2D eigenvalue weighted by Crippen LogP contribution is -2.63. The number of nitrogens with one attached hydrogen (secondary N) is 1. The second-order valence-electron chi connectivity index (χ2n) is 5.86. The molecule has 1 aliphatic heterocycles. The Morgan fingerprint density at radius 1 is 1.28 bits per heavy atom. The molecule has 1 unspecified atom stereocenters. The first-order chi connectivity index (χ1) is 11.9. The molecule has 0 aromatic carbocycles. The van der Waals surface area contributed by atoms with E-state index in [9.17, 15) is 8.42 Å². The Morgan fingerprint density at radius 3 is 2.72 bits per heavy atom. The van der Waals surface area contributed by atoms with Crippen LogP contribution in [-0.2, 0) is 15.7 Å². The number of aromatic nitrogens is 3. The minimum absolute atomic E-state index is 0.286. The normalized spacial score (nSPS) is 22.2. The monoisotopic (exact) mass is 382 g/mol. The van der Waals surface area contributed by atoms with Gasteiger partial charge in [-0.25, -0.2) is 4.98 Å². The Balaban J connectivity index is 2.29. The van der Waals surface area contributed by atoms with Gasteiger partial charge < -0.3 is 5.32 Å². The number of hydrogen-bond donors (Lipinski definition) is 1. The van der Waals surface area contributed by atoms with Crippen LogP contribution in [0.4, 0.5) is 0 Å². The summed E-state index contributed by atoms with van der Waals surface area (Å²) in [6.45, 7) is 1.17. The summed E-state index contributed by atoms with van der Waals surface area (Å²) in [5.41, 5.74) is 0.142. The smallest absolute Gasteiger partial charge is 0.282 e. The highest BCUT2D eigenvalue weighted by atomic mass is 35.5. The highest BCUT2D eigenvalue weighted by Crippen LogP contribution is 2.38. The summed E-state index contributed by atoms with van der Waals surface area (Å²) in [5.74, 6) is 0. The summed E-state index contributed by atoms with van der Waals surface area (Å²) < 4.78 is 28.8. The highest BCUT2D eigenvalue weighted by Gasteiger charge is 2.50. The van der Waals surface area contributed by atoms with Crippen LogP contribution in [0.1, 0.15) is 11.3 Å². The molecule has 0 saturated carbocycles. The second-order valence-corrected chi connectivity index (χ2v) is 8.31. The molecule has 134 valence electrons. The maximum atomic E-state index is 13.1. The van der Waals surface area contributed by atoms with Crippen LogP contribution in [0.2, 0.25) is 5.15 Å². The second kappa shape index (κ2) is 6.93. The zero-order valence-corrected chi connectivity index (χ0v) is 15.5. The SMILES string of the molecule is CN(C)S(=O)(=O)N1CCNCC1(c1ccnc(Cl)c1)c1cnccn1. The fraction of sp³-hybridized carbons (Fsp3) is 0.400. The first kappa shape index (κ1) is 18.2. The molecule has 1 N–H and O–H groups in total. The van der Waals surface area contributed by atoms with Crippen LogP contribution >= 0.6 is 11.6 Å². The van der Waals surface area contributed by atoms with Crippen molar-refractivity contribution in [3.05, 3.63) is 53.3 Å². The number of pyridine rings is 1. The predicted molar refractivity (Wildman–Crippen MR) is 94.2 cm³/mol. The summed E-state index contributed by atoms with van der Waals surface area (Å²) in [6, 6.07) is 3.42. The van der Waals surface area contributed by atoms with Crippen LogP contribution in [0.3, 0.4) is 0 Å². The van der Waals surface area contributed by atoms with Crippen molar-refractivity contribution in [2.24, 2.45) is 0 Å². The molecule has 0 spiro atoms. The molecule has 2 aromatic rings. The Morgan fingerprint density at radius 2 is 2.08 bits per heavy atom. The maximum Gasteiger partial charge on any atom is 0.282 e. The number of piperazine rings is 1. The molecular weight excluding hydrogens is 364 g/mol. The van der Waals surface area contributed by atoms with E-state index in [2.05, 4.69) is 20.3 Å². The lowest BCUT2D eigenvalue weighted by molar-refractivity contribution is 0.174. The fourth-order valence-electron chi connectivity index (χ4n) is 3.02. The van der Waals surface area contributed by atoms with E-state index < -0.39 is 15.7 Å². The summed E-state index contributed by atoms with van der Waals surface area (Å²) >= 11 is 6.09. The fourth-order valence-corrected chi connectivity index (χ4v) is 4.57. The van der Waals surface area contributed by atoms with Gasteiger partial charge in [-0.05, 0) is 17.7 Å². The Kier molecular flexibility index (Phi) is 5.03. The van der Waals surface area contributed by atoms with E-state index in [-0.39, 0.29) is 11.7 Å². The lowest BCUT2D eigenvalue weighted by Gasteiger charge is -2.46. The van der Waals surface area contributed by atoms with Gasteiger partial charge in [-0.15, -0.1) is 0 Å². The van der Waals surface area contributed by atoms with E-state index in [0.717, 1.165) is 0 Å². The number of nitrogens with zero attached hydrogens (tertiary/aromatic N) is 5. The van der Waals surface area contributed by atoms with Crippen molar-refractivity contribution in [3.63, 3.8) is 0 Å². The van der Waals surface area contributed by atoms with Crippen molar-refractivity contribution in [1.82, 2.24) is 28.9 Å². The minimum Gasteiger partial charge on any atom is -0.313 e. The van der Waals surface area contributed by atoms with Crippen molar-refractivity contribution in [1.29, 1.82) is 0 Å². The minimum atomic E-state index is -3.72. The van der Waals surface area contributed by atoms with Gasteiger partial charge in [-0.2, -0.15) is 17.0 Å². The van der Waals surface area contributed by atoms with E-state index in [4.69, 9.17) is 11.6 Å². The summed E-state index contributed by atoms with van der Waals surface area (Å²) in [6.07, 6.45) is 6.25. The van der Waals surface area contributed by atoms with Crippen molar-refractivity contribution in [2.75, 3.05) is 33.7 Å². The molecule has 8 nitrogen and oxygen atoms in total. The Bertz CT molecular complexity index is 848. The van der Waals surface area contributed by atoms with Crippen molar-refractivity contribution in [3.8, 4) is 0 Å². The summed E-state index contributed by atoms with van der Waals surface area (Å²) in [7, 11) is -0.697. The van der Waals surface area contributed by atoms with Crippen molar-refractivity contribution >= 4 is 21.8 Å². The van der Waals surface area contributed by atoms with Gasteiger partial charge >= 0.3 is 0 Å². The Hall–Kier alpha value is -1.65. The van der Waals surface area contributed by atoms with Gasteiger partial charge in [0.05, 0.1) is 11.9 Å². The van der Waals surface area contributed by atoms with Crippen LogP contribution in [0.25, 0.3) is 0 Å². The first-order valence-corrected chi connectivity index (χ1v) is 9.46. The third kappa shape index (κ3) is 3.13. The maximum absolute atomic E-state index is 13.1. The Labute approximate surface area is 152 Å². The van der Waals surface area contributed by atoms with Gasteiger partial charge in [0, 0.05) is 52.3 Å². The zero-order chi connectivity index (χ0) is 18.1. The van der Waals surface area contributed by atoms with Gasteiger partial charge in [-0.3, -0.25) is 9.97 Å². The van der Waals surface area contributed by atoms with Crippen LogP contribution < -0.4 is 5.32 Å². The predicted octanol–water partition coefficient (Wildman–Crippen LogP) is 0.480. The molecule has 3 rings (SSSR count). The zero-order valence-electron chi connectivity index (χ0n) is 13.9. The molecule has 10 heteroatoms. The third-order valence-corrected chi connectivity index (χ3v) is 6.41. The molecule has 0 amide bonds. The molecule has 1 saturated heterocycles. The molecule has 1 atom stereocenters. The average Bonchev–Trinajstić information content (AvgIpc) is 2.62. The lowest BCUT2D eigenvalue weighted by atomic mass is 9.85. The van der Waals surface area contributed by atoms with E-state index in [1.165, 1.54) is 22.7 Å². The molecule has 1 fully saturated rings. The van der Waals surface area contributed by atoms with Crippen LogP contribution in [0.15, 0.2) is 36.9 Å². The van der Waals surface area contributed by atoms with Crippen LogP contribution in [-0.4, -0.2) is 65.7 Å². The topological polar surface area (TPSA) is 91.3 Å². The van der Waals surface area contributed by atoms with Crippen molar-refractivity contribution in [2.45, 2.75) is 5.54 Å². The van der Waals surface area contributed by atoms with Gasteiger partial charge in [0.1, 0.15) is 10.7 Å². The van der Waals surface area contributed by atoms with Gasteiger partial charge in [-0.1, -0.05) is 11.6 Å². The highest BCUT2D eigenvalue weighted by molar-refractivity contribution is 7.86. The number of rotatable bonds is 4. The molecule has 1 aliphatic rings. The molecule has 0 aliphatic carbocycles. The van der Waals surface area contributed by atoms with E-state index >= 15 is 0 Å². The largest absolute Gasteiger partial charge is 0.313 e. The molecule has 0 radical (unpaired) electrons. The van der Waals surface area contributed by atoms with E-state index in [0.29, 0.717) is 24.3 Å². The van der Waals surface area contributed by atoms with E-state index in [1.54, 1.807) is 36.9 Å². The standard InChI is InChI=1S/C15H19ClN6O2S/c1-21(2)25(23,24)22-8-7-18-11-15(22,13-10-17-5-6-19-13)12-3-4-20-14(16)9-12/h3-6,9-10,18H,7-8,11H2,1-2H3. The quantitative estimate of drug-likeness (QED) is 0.773. The molecule has 3 heterocycles. The van der Waals surface area contributed by atoms with Crippen molar-refractivity contribution < 1.29 is 8.42 Å². The van der Waals surface area contributed by atoms with Gasteiger partial charge in [0.25, 0.3) is 10.2 Å². The van der Waals surface area contributed by atoms with Gasteiger partial charge in [0.2, 0.25) is 0 Å². The number of hydrogen-bond acceptors (Lipinski definition) is 6. The third-order valence-electron chi connectivity index (χ3n) is 4.23. The van der Waals surface area contributed by atoms with E-state index in [1.807, 2.05) is 0 Å². The average molecular weight is 383 g/mol. The molecule has 2 aromatic heterocycles. The molecule has 25 heavy (non-hydrogen) atoms. The molecule has 0 bridgehead atoms.